The Balaban J connectivity index is 1.63. The summed E-state index contributed by atoms with van der Waals surface area (Å²) in [6.07, 6.45) is 6.67. The van der Waals surface area contributed by atoms with Crippen LogP contribution >= 0.6 is 23.5 Å². The van der Waals surface area contributed by atoms with Crippen molar-refractivity contribution in [2.75, 3.05) is 17.3 Å². The molecule has 2 heterocycles. The second-order valence-corrected chi connectivity index (χ2v) is 8.04. The predicted molar refractivity (Wildman–Crippen MR) is 80.5 cm³/mol. The number of thioether (sulfide) groups is 2. The van der Waals surface area contributed by atoms with Gasteiger partial charge in [0.25, 0.3) is 0 Å². The lowest BCUT2D eigenvalue weighted by Crippen LogP contribution is -2.43. The first-order valence-corrected chi connectivity index (χ1v) is 9.26. The second kappa shape index (κ2) is 6.06. The minimum atomic E-state index is -0.115. The Morgan fingerprint density at radius 2 is 2.11 bits per heavy atom. The molecule has 1 unspecified atom stereocenters. The van der Waals surface area contributed by atoms with E-state index in [9.17, 15) is 0 Å². The van der Waals surface area contributed by atoms with Crippen molar-refractivity contribution in [1.82, 2.24) is 10.1 Å². The molecule has 0 spiro atoms. The van der Waals surface area contributed by atoms with Gasteiger partial charge in [0.1, 0.15) is 0 Å². The molecule has 4 nitrogen and oxygen atoms in total. The van der Waals surface area contributed by atoms with Gasteiger partial charge in [-0.1, -0.05) is 24.4 Å². The number of aromatic nitrogens is 2. The molecule has 1 saturated carbocycles. The van der Waals surface area contributed by atoms with E-state index in [2.05, 4.69) is 10.1 Å². The summed E-state index contributed by atoms with van der Waals surface area (Å²) in [4.78, 5) is 4.58. The minimum Gasteiger partial charge on any atom is -0.339 e. The zero-order chi connectivity index (χ0) is 13.1. The number of hydrogen-bond acceptors (Lipinski definition) is 6. The molecule has 1 aliphatic carbocycles. The van der Waals surface area contributed by atoms with E-state index in [0.29, 0.717) is 5.25 Å². The molecule has 0 bridgehead atoms. The van der Waals surface area contributed by atoms with Gasteiger partial charge in [0.05, 0.1) is 5.25 Å². The van der Waals surface area contributed by atoms with Crippen molar-refractivity contribution in [3.8, 4) is 0 Å². The Kier molecular flexibility index (Phi) is 4.39. The van der Waals surface area contributed by atoms with Crippen LogP contribution in [-0.4, -0.2) is 32.9 Å². The highest BCUT2D eigenvalue weighted by molar-refractivity contribution is 8.06. The van der Waals surface area contributed by atoms with E-state index in [1.807, 2.05) is 23.5 Å². The van der Waals surface area contributed by atoms with Crippen LogP contribution in [-0.2, 0) is 6.42 Å². The maximum atomic E-state index is 6.44. The standard InChI is InChI=1S/C13H21N3OS2/c14-13(4-2-1-3-5-13)8-11-15-12(16-17-11)10-9-18-6-7-19-10/h10H,1-9,14H2. The molecule has 1 aromatic rings. The van der Waals surface area contributed by atoms with Gasteiger partial charge in [0.2, 0.25) is 5.89 Å². The van der Waals surface area contributed by atoms with Crippen molar-refractivity contribution in [3.05, 3.63) is 11.7 Å². The van der Waals surface area contributed by atoms with Crippen molar-refractivity contribution >= 4 is 23.5 Å². The Hall–Kier alpha value is -0.200. The zero-order valence-electron chi connectivity index (χ0n) is 11.1. The SMILES string of the molecule is NC1(Cc2nc(C3CSCCS3)no2)CCCCC1. The summed E-state index contributed by atoms with van der Waals surface area (Å²) in [5, 5.41) is 4.56. The van der Waals surface area contributed by atoms with Crippen LogP contribution in [0.1, 0.15) is 49.1 Å². The molecule has 1 aromatic heterocycles. The Bertz CT molecular complexity index is 412. The highest BCUT2D eigenvalue weighted by Crippen LogP contribution is 2.35. The summed E-state index contributed by atoms with van der Waals surface area (Å²) in [6.45, 7) is 0. The van der Waals surface area contributed by atoms with Crippen LogP contribution in [0.15, 0.2) is 4.52 Å². The summed E-state index contributed by atoms with van der Waals surface area (Å²) in [6, 6.07) is 0. The van der Waals surface area contributed by atoms with Gasteiger partial charge in [0.15, 0.2) is 5.82 Å². The third-order valence-electron chi connectivity index (χ3n) is 3.94. The first-order chi connectivity index (χ1) is 9.25. The number of rotatable bonds is 3. The van der Waals surface area contributed by atoms with E-state index in [4.69, 9.17) is 10.3 Å². The Morgan fingerprint density at radius 3 is 2.84 bits per heavy atom. The van der Waals surface area contributed by atoms with Crippen LogP contribution in [0.3, 0.4) is 0 Å². The van der Waals surface area contributed by atoms with E-state index in [-0.39, 0.29) is 5.54 Å². The maximum Gasteiger partial charge on any atom is 0.228 e. The average Bonchev–Trinajstić information content (AvgIpc) is 2.88. The zero-order valence-corrected chi connectivity index (χ0v) is 12.8. The molecule has 0 radical (unpaired) electrons. The van der Waals surface area contributed by atoms with Gasteiger partial charge >= 0.3 is 0 Å². The molecule has 19 heavy (non-hydrogen) atoms. The second-order valence-electron chi connectivity index (χ2n) is 5.58. The van der Waals surface area contributed by atoms with Crippen LogP contribution in [0.2, 0.25) is 0 Å². The first kappa shape index (κ1) is 13.8. The lowest BCUT2D eigenvalue weighted by atomic mass is 9.80. The summed E-state index contributed by atoms with van der Waals surface area (Å²) in [7, 11) is 0. The first-order valence-electron chi connectivity index (χ1n) is 7.06. The van der Waals surface area contributed by atoms with E-state index in [1.165, 1.54) is 30.8 Å². The van der Waals surface area contributed by atoms with Crippen molar-refractivity contribution in [2.45, 2.75) is 49.3 Å². The van der Waals surface area contributed by atoms with Crippen LogP contribution < -0.4 is 5.73 Å². The smallest absolute Gasteiger partial charge is 0.228 e. The molecule has 3 rings (SSSR count). The third kappa shape index (κ3) is 3.47. The predicted octanol–water partition coefficient (Wildman–Crippen LogP) is 2.79. The monoisotopic (exact) mass is 299 g/mol. The molecule has 106 valence electrons. The fraction of sp³-hybridized carbons (Fsp3) is 0.846. The van der Waals surface area contributed by atoms with Gasteiger partial charge in [-0.05, 0) is 12.8 Å². The Labute approximate surface area is 122 Å². The van der Waals surface area contributed by atoms with Crippen molar-refractivity contribution in [2.24, 2.45) is 5.73 Å². The molecule has 1 aliphatic heterocycles. The molecule has 2 fully saturated rings. The van der Waals surface area contributed by atoms with Crippen LogP contribution in [0, 0.1) is 0 Å². The van der Waals surface area contributed by atoms with Crippen LogP contribution in [0.5, 0.6) is 0 Å². The molecule has 0 aromatic carbocycles. The third-order valence-corrected chi connectivity index (χ3v) is 6.69. The van der Waals surface area contributed by atoms with Crippen molar-refractivity contribution < 1.29 is 4.52 Å². The van der Waals surface area contributed by atoms with Gasteiger partial charge in [-0.3, -0.25) is 0 Å². The average molecular weight is 299 g/mol. The van der Waals surface area contributed by atoms with E-state index in [1.54, 1.807) is 0 Å². The van der Waals surface area contributed by atoms with Crippen LogP contribution in [0.25, 0.3) is 0 Å². The van der Waals surface area contributed by atoms with Gasteiger partial charge in [-0.15, -0.1) is 11.8 Å². The summed E-state index contributed by atoms with van der Waals surface area (Å²) < 4.78 is 5.42. The summed E-state index contributed by atoms with van der Waals surface area (Å²) in [5.74, 6) is 5.11. The highest BCUT2D eigenvalue weighted by atomic mass is 32.2. The number of nitrogens with two attached hydrogens (primary N) is 1. The van der Waals surface area contributed by atoms with Gasteiger partial charge < -0.3 is 10.3 Å². The van der Waals surface area contributed by atoms with E-state index in [0.717, 1.165) is 36.7 Å². The molecule has 6 heteroatoms. The molecular weight excluding hydrogens is 278 g/mol. The number of nitrogens with zero attached hydrogens (tertiary/aromatic N) is 2. The van der Waals surface area contributed by atoms with Crippen molar-refractivity contribution in [3.63, 3.8) is 0 Å². The van der Waals surface area contributed by atoms with Gasteiger partial charge in [-0.25, -0.2) is 0 Å². The normalized spacial score (nSPS) is 27.3. The quantitative estimate of drug-likeness (QED) is 0.926. The van der Waals surface area contributed by atoms with E-state index >= 15 is 0 Å². The fourth-order valence-electron chi connectivity index (χ4n) is 2.84. The fourth-order valence-corrected chi connectivity index (χ4v) is 5.43. The molecule has 1 atom stereocenters. The molecular formula is C13H21N3OS2. The van der Waals surface area contributed by atoms with E-state index < -0.39 is 0 Å². The van der Waals surface area contributed by atoms with Gasteiger partial charge in [-0.2, -0.15) is 16.7 Å². The Morgan fingerprint density at radius 1 is 1.26 bits per heavy atom. The molecule has 2 N–H and O–H groups in total. The topological polar surface area (TPSA) is 64.9 Å². The summed E-state index contributed by atoms with van der Waals surface area (Å²) in [5.41, 5.74) is 6.33. The largest absolute Gasteiger partial charge is 0.339 e. The number of hydrogen-bond donors (Lipinski definition) is 1. The lowest BCUT2D eigenvalue weighted by molar-refractivity contribution is 0.260. The highest BCUT2D eigenvalue weighted by Gasteiger charge is 2.31. The van der Waals surface area contributed by atoms with Crippen LogP contribution in [0.4, 0.5) is 0 Å². The molecule has 2 aliphatic rings. The van der Waals surface area contributed by atoms with Gasteiger partial charge in [0, 0.05) is 29.2 Å². The molecule has 1 saturated heterocycles. The lowest BCUT2D eigenvalue weighted by Gasteiger charge is -2.31. The van der Waals surface area contributed by atoms with Crippen molar-refractivity contribution in [1.29, 1.82) is 0 Å². The maximum absolute atomic E-state index is 6.44. The molecule has 0 amide bonds. The minimum absolute atomic E-state index is 0.115. The summed E-state index contributed by atoms with van der Waals surface area (Å²) >= 11 is 3.91.